The van der Waals surface area contributed by atoms with Crippen LogP contribution in [0, 0.1) is 0 Å². The number of amides is 2. The highest BCUT2D eigenvalue weighted by atomic mass is 32.2. The van der Waals surface area contributed by atoms with E-state index in [0.29, 0.717) is 16.9 Å². The Kier molecular flexibility index (Phi) is 5.87. The van der Waals surface area contributed by atoms with Crippen molar-refractivity contribution in [3.05, 3.63) is 72.3 Å². The lowest BCUT2D eigenvalue weighted by molar-refractivity contribution is -0.115. The highest BCUT2D eigenvalue weighted by Crippen LogP contribution is 2.36. The maximum atomic E-state index is 12.6. The summed E-state index contributed by atoms with van der Waals surface area (Å²) in [5.41, 5.74) is 9.23. The lowest BCUT2D eigenvalue weighted by Gasteiger charge is -2.21. The molecule has 0 radical (unpaired) electrons. The number of nitrogen functional groups attached to an aromatic ring is 1. The zero-order valence-corrected chi connectivity index (χ0v) is 17.8. The van der Waals surface area contributed by atoms with Crippen molar-refractivity contribution < 1.29 is 9.59 Å². The lowest BCUT2D eigenvalue weighted by Crippen LogP contribution is -2.26. The third-order valence-electron chi connectivity index (χ3n) is 4.48. The topological polar surface area (TPSA) is 96.2 Å². The monoisotopic (exact) mass is 436 g/mol. The van der Waals surface area contributed by atoms with Crippen LogP contribution in [-0.4, -0.2) is 17.1 Å². The highest BCUT2D eigenvalue weighted by Gasteiger charge is 2.23. The second-order valence-corrected chi connectivity index (χ2v) is 9.03. The Morgan fingerprint density at radius 2 is 1.73 bits per heavy atom. The molecule has 1 aliphatic rings. The van der Waals surface area contributed by atoms with Gasteiger partial charge in [-0.25, -0.2) is 0 Å². The molecule has 1 aliphatic heterocycles. The molecule has 0 spiro atoms. The van der Waals surface area contributed by atoms with Crippen molar-refractivity contribution in [2.75, 3.05) is 21.1 Å². The molecule has 1 heterocycles. The third kappa shape index (κ3) is 4.72. The van der Waals surface area contributed by atoms with Crippen LogP contribution in [0.1, 0.15) is 17.3 Å². The SMILES string of the molecule is CC1Sc2ccc(C(=O)Nc3ccc(SNc4ccc(N)cc4)cc3)cc2NC1=O. The van der Waals surface area contributed by atoms with Crippen LogP contribution in [0.5, 0.6) is 0 Å². The van der Waals surface area contributed by atoms with Crippen LogP contribution >= 0.6 is 23.7 Å². The van der Waals surface area contributed by atoms with Crippen molar-refractivity contribution in [2.24, 2.45) is 0 Å². The predicted molar refractivity (Wildman–Crippen MR) is 125 cm³/mol. The molecular weight excluding hydrogens is 416 g/mol. The van der Waals surface area contributed by atoms with Crippen LogP contribution in [0.25, 0.3) is 0 Å². The molecule has 5 N–H and O–H groups in total. The first-order valence-electron chi connectivity index (χ1n) is 9.29. The maximum absolute atomic E-state index is 12.6. The Labute approximate surface area is 183 Å². The molecule has 2 amide bonds. The molecule has 0 aromatic heterocycles. The molecule has 0 saturated heterocycles. The number of hydrogen-bond donors (Lipinski definition) is 4. The van der Waals surface area contributed by atoms with E-state index in [1.165, 1.54) is 23.7 Å². The fourth-order valence-corrected chi connectivity index (χ4v) is 4.40. The van der Waals surface area contributed by atoms with Gasteiger partial charge in [-0.1, -0.05) is 0 Å². The molecule has 6 nitrogen and oxygen atoms in total. The molecule has 0 fully saturated rings. The maximum Gasteiger partial charge on any atom is 0.255 e. The number of nitrogens with two attached hydrogens (primary N) is 1. The zero-order valence-electron chi connectivity index (χ0n) is 16.1. The van der Waals surface area contributed by atoms with E-state index in [4.69, 9.17) is 5.73 Å². The minimum absolute atomic E-state index is 0.0503. The Balaban J connectivity index is 1.37. The Morgan fingerprint density at radius 1 is 1.03 bits per heavy atom. The summed E-state index contributed by atoms with van der Waals surface area (Å²) >= 11 is 2.96. The molecule has 8 heteroatoms. The third-order valence-corrected chi connectivity index (χ3v) is 6.51. The summed E-state index contributed by atoms with van der Waals surface area (Å²) in [7, 11) is 0. The van der Waals surface area contributed by atoms with Crippen molar-refractivity contribution in [1.82, 2.24) is 0 Å². The summed E-state index contributed by atoms with van der Waals surface area (Å²) in [5.74, 6) is -0.276. The van der Waals surface area contributed by atoms with Crippen molar-refractivity contribution in [1.29, 1.82) is 0 Å². The van der Waals surface area contributed by atoms with Gasteiger partial charge in [-0.05, 0) is 85.6 Å². The summed E-state index contributed by atoms with van der Waals surface area (Å²) in [6.07, 6.45) is 0. The van der Waals surface area contributed by atoms with Crippen molar-refractivity contribution in [3.63, 3.8) is 0 Å². The zero-order chi connectivity index (χ0) is 21.1. The molecule has 0 aliphatic carbocycles. The van der Waals surface area contributed by atoms with E-state index in [9.17, 15) is 9.59 Å². The van der Waals surface area contributed by atoms with E-state index < -0.39 is 0 Å². The highest BCUT2D eigenvalue weighted by molar-refractivity contribution is 8.01. The fraction of sp³-hybridized carbons (Fsp3) is 0.0909. The number of hydrogen-bond acceptors (Lipinski definition) is 6. The van der Waals surface area contributed by atoms with Crippen LogP contribution in [0.2, 0.25) is 0 Å². The van der Waals surface area contributed by atoms with E-state index in [0.717, 1.165) is 21.2 Å². The lowest BCUT2D eigenvalue weighted by atomic mass is 10.1. The Morgan fingerprint density at radius 3 is 2.47 bits per heavy atom. The first kappa shape index (κ1) is 20.2. The van der Waals surface area contributed by atoms with Gasteiger partial charge in [-0.3, -0.25) is 9.59 Å². The molecular formula is C22H20N4O2S2. The molecule has 3 aromatic carbocycles. The largest absolute Gasteiger partial charge is 0.399 e. The summed E-state index contributed by atoms with van der Waals surface area (Å²) < 4.78 is 3.25. The van der Waals surface area contributed by atoms with Gasteiger partial charge >= 0.3 is 0 Å². The standard InChI is InChI=1S/C22H20N4O2S2/c1-13-21(27)25-19-12-14(2-11-20(19)29-13)22(28)24-16-7-9-18(10-8-16)30-26-17-5-3-15(23)4-6-17/h2-13,26H,23H2,1H3,(H,24,28)(H,25,27). The van der Waals surface area contributed by atoms with E-state index in [1.54, 1.807) is 12.1 Å². The molecule has 0 saturated carbocycles. The van der Waals surface area contributed by atoms with Gasteiger partial charge in [0, 0.05) is 32.4 Å². The van der Waals surface area contributed by atoms with Gasteiger partial charge in [0.05, 0.1) is 10.9 Å². The molecule has 30 heavy (non-hydrogen) atoms. The number of nitrogens with one attached hydrogen (secondary N) is 3. The smallest absolute Gasteiger partial charge is 0.255 e. The van der Waals surface area contributed by atoms with Crippen LogP contribution < -0.4 is 21.1 Å². The van der Waals surface area contributed by atoms with Crippen molar-refractivity contribution in [2.45, 2.75) is 22.0 Å². The minimum atomic E-state index is -0.226. The summed E-state index contributed by atoms with van der Waals surface area (Å²) in [6.45, 7) is 1.86. The molecule has 1 atom stereocenters. The molecule has 3 aromatic rings. The van der Waals surface area contributed by atoms with Gasteiger partial charge < -0.3 is 21.1 Å². The number of carbonyl (C=O) groups excluding carboxylic acids is 2. The normalized spacial score (nSPS) is 15.1. The number of anilines is 4. The number of carbonyl (C=O) groups is 2. The quantitative estimate of drug-likeness (QED) is 0.329. The number of rotatable bonds is 5. The predicted octanol–water partition coefficient (Wildman–Crippen LogP) is 5.07. The van der Waals surface area contributed by atoms with E-state index >= 15 is 0 Å². The average Bonchev–Trinajstić information content (AvgIpc) is 2.75. The minimum Gasteiger partial charge on any atom is -0.399 e. The van der Waals surface area contributed by atoms with Crippen LogP contribution in [0.4, 0.5) is 22.7 Å². The number of fused-ring (bicyclic) bond motifs is 1. The molecule has 4 rings (SSSR count). The van der Waals surface area contributed by atoms with E-state index in [2.05, 4.69) is 15.4 Å². The molecule has 1 unspecified atom stereocenters. The van der Waals surface area contributed by atoms with E-state index in [-0.39, 0.29) is 17.1 Å². The van der Waals surface area contributed by atoms with Crippen molar-refractivity contribution in [3.8, 4) is 0 Å². The van der Waals surface area contributed by atoms with Gasteiger partial charge in [-0.15, -0.1) is 11.8 Å². The molecule has 152 valence electrons. The van der Waals surface area contributed by atoms with Gasteiger partial charge in [0.25, 0.3) is 5.91 Å². The van der Waals surface area contributed by atoms with Gasteiger partial charge in [0.2, 0.25) is 5.91 Å². The first-order valence-corrected chi connectivity index (χ1v) is 11.0. The van der Waals surface area contributed by atoms with Gasteiger partial charge in [-0.2, -0.15) is 0 Å². The molecule has 0 bridgehead atoms. The Bertz CT molecular complexity index is 1090. The van der Waals surface area contributed by atoms with Crippen LogP contribution in [0.15, 0.2) is 76.5 Å². The second-order valence-electron chi connectivity index (χ2n) is 6.76. The summed E-state index contributed by atoms with van der Waals surface area (Å²) in [5, 5.41) is 5.60. The fourth-order valence-electron chi connectivity index (χ4n) is 2.83. The van der Waals surface area contributed by atoms with E-state index in [1.807, 2.05) is 61.5 Å². The van der Waals surface area contributed by atoms with Crippen molar-refractivity contribution >= 4 is 58.3 Å². The van der Waals surface area contributed by atoms with Crippen LogP contribution in [-0.2, 0) is 4.79 Å². The average molecular weight is 437 g/mol. The van der Waals surface area contributed by atoms with Gasteiger partial charge in [0.15, 0.2) is 0 Å². The first-order chi connectivity index (χ1) is 14.5. The summed E-state index contributed by atoms with van der Waals surface area (Å²) in [4.78, 5) is 26.5. The second kappa shape index (κ2) is 8.73. The number of benzene rings is 3. The van der Waals surface area contributed by atoms with Gasteiger partial charge in [0.1, 0.15) is 0 Å². The summed E-state index contributed by atoms with van der Waals surface area (Å²) in [6, 6.07) is 20.4. The Hall–Kier alpha value is -3.10. The van der Waals surface area contributed by atoms with Crippen LogP contribution in [0.3, 0.4) is 0 Å². The number of thioether (sulfide) groups is 1.